The van der Waals surface area contributed by atoms with E-state index in [1.807, 2.05) is 18.2 Å². The average molecular weight is 583 g/mol. The molecule has 1 aromatic carbocycles. The fourth-order valence-corrected chi connectivity index (χ4v) is 8.17. The summed E-state index contributed by atoms with van der Waals surface area (Å²) < 4.78 is 78.7. The second-order valence-electron chi connectivity index (χ2n) is 11.2. The number of nitrogens with zero attached hydrogens (tertiary/aromatic N) is 6. The zero-order valence-electron chi connectivity index (χ0n) is 20.5. The number of aromatic nitrogens is 4. The number of sulfone groups is 1. The van der Waals surface area contributed by atoms with Crippen LogP contribution in [-0.4, -0.2) is 63.7 Å². The molecule has 0 atom stereocenters. The van der Waals surface area contributed by atoms with Gasteiger partial charge >= 0.3 is 6.18 Å². The molecule has 7 rings (SSSR count). The third-order valence-corrected chi connectivity index (χ3v) is 10.4. The van der Waals surface area contributed by atoms with Crippen LogP contribution in [0.5, 0.6) is 0 Å². The van der Waals surface area contributed by atoms with E-state index in [0.29, 0.717) is 31.2 Å². The van der Waals surface area contributed by atoms with Crippen molar-refractivity contribution in [2.45, 2.75) is 44.1 Å². The van der Waals surface area contributed by atoms with Gasteiger partial charge in [0.1, 0.15) is 11.6 Å². The van der Waals surface area contributed by atoms with Crippen LogP contribution >= 0.6 is 11.6 Å². The smallest absolute Gasteiger partial charge is 0.355 e. The van der Waals surface area contributed by atoms with Crippen LogP contribution in [0, 0.1) is 11.2 Å². The number of fused-ring (bicyclic) bond motifs is 3. The van der Waals surface area contributed by atoms with Crippen molar-refractivity contribution in [3.63, 3.8) is 0 Å². The van der Waals surface area contributed by atoms with Gasteiger partial charge in [0.15, 0.2) is 27.2 Å². The van der Waals surface area contributed by atoms with E-state index >= 15 is 0 Å². The molecule has 4 aliphatic rings. The lowest BCUT2D eigenvalue weighted by Crippen LogP contribution is -2.62. The molecule has 1 saturated carbocycles. The van der Waals surface area contributed by atoms with E-state index in [1.165, 1.54) is 6.07 Å². The van der Waals surface area contributed by atoms with Crippen molar-refractivity contribution >= 4 is 27.3 Å². The molecule has 14 heteroatoms. The molecule has 206 valence electrons. The van der Waals surface area contributed by atoms with Gasteiger partial charge in [-0.05, 0) is 48.7 Å². The Morgan fingerprint density at radius 2 is 1.77 bits per heavy atom. The number of rotatable bonds is 3. The fraction of sp³-hybridized carbons (Fsp3) is 0.480. The van der Waals surface area contributed by atoms with Gasteiger partial charge in [-0.1, -0.05) is 11.6 Å². The third kappa shape index (κ3) is 4.20. The number of halogens is 5. The van der Waals surface area contributed by atoms with Gasteiger partial charge in [-0.2, -0.15) is 13.2 Å². The Labute approximate surface area is 226 Å². The topological polar surface area (TPSA) is 84.2 Å². The van der Waals surface area contributed by atoms with Gasteiger partial charge in [0.25, 0.3) is 0 Å². The van der Waals surface area contributed by atoms with Gasteiger partial charge in [0.2, 0.25) is 0 Å². The number of hydrogen-bond acceptors (Lipinski definition) is 7. The molecule has 0 amide bonds. The Hall–Kier alpha value is -2.77. The first-order valence-corrected chi connectivity index (χ1v) is 14.8. The summed E-state index contributed by atoms with van der Waals surface area (Å²) in [5.41, 5.74) is 0.334. The number of benzene rings is 1. The standard InChI is InChI=1S/C25H23ClF4N6O2S/c26-16-1-3-19-14(5-16)8-34(17-10-39(37,38)11-17)9-21-32-33-23(36(19)21)15-6-24(7-15)12-35(13-24)20-4-2-18(27)22(31-20)25(28,29)30/h1-5,15,17H,6-13H2. The Morgan fingerprint density at radius 1 is 1.03 bits per heavy atom. The zero-order chi connectivity index (χ0) is 27.3. The van der Waals surface area contributed by atoms with Crippen molar-refractivity contribution < 1.29 is 26.0 Å². The van der Waals surface area contributed by atoms with Crippen molar-refractivity contribution in [1.82, 2.24) is 24.6 Å². The lowest BCUT2D eigenvalue weighted by molar-refractivity contribution is -0.143. The monoisotopic (exact) mass is 582 g/mol. The minimum Gasteiger partial charge on any atom is -0.355 e. The van der Waals surface area contributed by atoms with Crippen molar-refractivity contribution in [3.05, 3.63) is 64.1 Å². The number of alkyl halides is 3. The summed E-state index contributed by atoms with van der Waals surface area (Å²) >= 11 is 6.32. The molecule has 0 N–H and O–H groups in total. The van der Waals surface area contributed by atoms with E-state index < -0.39 is 27.5 Å². The first-order valence-electron chi connectivity index (χ1n) is 12.6. The van der Waals surface area contributed by atoms with Gasteiger partial charge in [-0.25, -0.2) is 17.8 Å². The molecule has 5 heterocycles. The molecule has 2 saturated heterocycles. The SMILES string of the molecule is O=S1(=O)CC(N2Cc3cc(Cl)ccc3-n3c(nnc3C3CC4(C3)CN(c3ccc(F)c(C(F)(F)F)n3)C4)C2)C1. The summed E-state index contributed by atoms with van der Waals surface area (Å²) in [6, 6.07) is 7.66. The quantitative estimate of drug-likeness (QED) is 0.432. The van der Waals surface area contributed by atoms with Gasteiger partial charge in [0, 0.05) is 42.0 Å². The molecule has 3 fully saturated rings. The van der Waals surface area contributed by atoms with E-state index in [2.05, 4.69) is 24.6 Å². The van der Waals surface area contributed by atoms with E-state index in [0.717, 1.165) is 41.8 Å². The predicted octanol–water partition coefficient (Wildman–Crippen LogP) is 3.97. The molecule has 0 bridgehead atoms. The summed E-state index contributed by atoms with van der Waals surface area (Å²) in [5.74, 6) is 0.661. The highest BCUT2D eigenvalue weighted by Crippen LogP contribution is 2.56. The largest absolute Gasteiger partial charge is 0.436 e. The number of hydrogen-bond donors (Lipinski definition) is 0. The molecule has 0 unspecified atom stereocenters. The van der Waals surface area contributed by atoms with E-state index in [1.54, 1.807) is 4.90 Å². The molecule has 0 radical (unpaired) electrons. The molecule has 1 aliphatic carbocycles. The van der Waals surface area contributed by atoms with E-state index in [-0.39, 0.29) is 34.7 Å². The van der Waals surface area contributed by atoms with Gasteiger partial charge in [-0.3, -0.25) is 9.47 Å². The van der Waals surface area contributed by atoms with E-state index in [9.17, 15) is 26.0 Å². The highest BCUT2D eigenvalue weighted by molar-refractivity contribution is 7.92. The summed E-state index contributed by atoms with van der Waals surface area (Å²) in [4.78, 5) is 7.41. The first-order chi connectivity index (χ1) is 18.4. The maximum Gasteiger partial charge on any atom is 0.436 e. The minimum atomic E-state index is -4.85. The van der Waals surface area contributed by atoms with Crippen LogP contribution < -0.4 is 4.90 Å². The van der Waals surface area contributed by atoms with Gasteiger partial charge < -0.3 is 4.90 Å². The highest BCUT2D eigenvalue weighted by Gasteiger charge is 2.55. The summed E-state index contributed by atoms with van der Waals surface area (Å²) in [5, 5.41) is 9.62. The molecular formula is C25H23ClF4N6O2S. The molecule has 2 aromatic heterocycles. The number of pyridine rings is 1. The second-order valence-corrected chi connectivity index (χ2v) is 13.8. The second kappa shape index (κ2) is 8.37. The molecule has 39 heavy (non-hydrogen) atoms. The van der Waals surface area contributed by atoms with Crippen molar-refractivity contribution in [1.29, 1.82) is 0 Å². The predicted molar refractivity (Wildman–Crippen MR) is 134 cm³/mol. The van der Waals surface area contributed by atoms with Crippen LogP contribution in [0.2, 0.25) is 5.02 Å². The summed E-state index contributed by atoms with van der Waals surface area (Å²) in [7, 11) is -3.00. The van der Waals surface area contributed by atoms with Crippen molar-refractivity contribution in [3.8, 4) is 5.69 Å². The van der Waals surface area contributed by atoms with Crippen LogP contribution in [-0.2, 0) is 29.1 Å². The Morgan fingerprint density at radius 3 is 2.46 bits per heavy atom. The lowest BCUT2D eigenvalue weighted by Gasteiger charge is -2.59. The summed E-state index contributed by atoms with van der Waals surface area (Å²) in [6.45, 7) is 2.09. The van der Waals surface area contributed by atoms with Crippen LogP contribution in [0.3, 0.4) is 0 Å². The fourth-order valence-electron chi connectivity index (χ4n) is 6.48. The van der Waals surface area contributed by atoms with Crippen LogP contribution in [0.4, 0.5) is 23.4 Å². The maximum atomic E-state index is 13.7. The highest BCUT2D eigenvalue weighted by atomic mass is 35.5. The minimum absolute atomic E-state index is 0.0641. The average Bonchev–Trinajstić information content (AvgIpc) is 3.11. The Balaban J connectivity index is 1.11. The Kier molecular flexibility index (Phi) is 5.41. The summed E-state index contributed by atoms with van der Waals surface area (Å²) in [6.07, 6.45) is -3.26. The molecule has 3 aromatic rings. The van der Waals surface area contributed by atoms with Crippen molar-refractivity contribution in [2.24, 2.45) is 5.41 Å². The Bertz CT molecular complexity index is 1580. The lowest BCUT2D eigenvalue weighted by atomic mass is 9.57. The molecular weight excluding hydrogens is 560 g/mol. The van der Waals surface area contributed by atoms with E-state index in [4.69, 9.17) is 11.6 Å². The molecule has 1 spiro atoms. The van der Waals surface area contributed by atoms with Gasteiger partial charge in [-0.15, -0.1) is 10.2 Å². The number of anilines is 1. The van der Waals surface area contributed by atoms with Crippen LogP contribution in [0.25, 0.3) is 5.69 Å². The third-order valence-electron chi connectivity index (χ3n) is 8.36. The molecule has 3 aliphatic heterocycles. The molecule has 8 nitrogen and oxygen atoms in total. The zero-order valence-corrected chi connectivity index (χ0v) is 22.1. The van der Waals surface area contributed by atoms with Crippen LogP contribution in [0.1, 0.15) is 41.7 Å². The first kappa shape index (κ1) is 25.2. The van der Waals surface area contributed by atoms with Crippen LogP contribution in [0.15, 0.2) is 30.3 Å². The maximum absolute atomic E-state index is 13.7. The normalized spacial score (nSPS) is 23.8. The van der Waals surface area contributed by atoms with Gasteiger partial charge in [0.05, 0.1) is 23.7 Å². The van der Waals surface area contributed by atoms with Crippen molar-refractivity contribution in [2.75, 3.05) is 29.5 Å².